The highest BCUT2D eigenvalue weighted by molar-refractivity contribution is 9.10. The Morgan fingerprint density at radius 1 is 0.604 bits per heavy atom. The molecular weight excluding hydrogens is 728 g/mol. The van der Waals surface area contributed by atoms with Crippen molar-refractivity contribution in [3.8, 4) is 0 Å². The first-order chi connectivity index (χ1) is 23.2. The molecule has 0 radical (unpaired) electrons. The first-order valence-corrected chi connectivity index (χ1v) is 18.9. The molecule has 252 valence electrons. The number of hydrogen-bond donors (Lipinski definition) is 2. The van der Waals surface area contributed by atoms with Crippen molar-refractivity contribution in [2.75, 3.05) is 39.3 Å². The molecule has 2 aliphatic rings. The molecular formula is C41H46Br2N2O3. The van der Waals surface area contributed by atoms with E-state index in [9.17, 15) is 10.2 Å². The number of halogens is 2. The predicted molar refractivity (Wildman–Crippen MR) is 200 cm³/mol. The summed E-state index contributed by atoms with van der Waals surface area (Å²) in [7, 11) is 0. The number of likely N-dealkylation sites (tertiary alicyclic amines) is 2. The Hall–Kier alpha value is -2.65. The van der Waals surface area contributed by atoms with Crippen LogP contribution < -0.4 is 0 Å². The quantitative estimate of drug-likeness (QED) is 0.154. The maximum Gasteiger partial charge on any atom is 0.148 e. The van der Waals surface area contributed by atoms with Gasteiger partial charge in [-0.15, -0.1) is 0 Å². The third kappa shape index (κ3) is 8.20. The van der Waals surface area contributed by atoms with Crippen molar-refractivity contribution in [2.45, 2.75) is 49.7 Å². The van der Waals surface area contributed by atoms with Crippen LogP contribution >= 0.6 is 31.9 Å². The summed E-state index contributed by atoms with van der Waals surface area (Å²) in [4.78, 5) is 19.8. The maximum atomic E-state index is 15.2. The lowest BCUT2D eigenvalue weighted by Crippen LogP contribution is -2.60. The highest BCUT2D eigenvalue weighted by Gasteiger charge is 2.54. The van der Waals surface area contributed by atoms with Gasteiger partial charge in [-0.25, -0.2) is 0 Å². The van der Waals surface area contributed by atoms with E-state index in [1.807, 2.05) is 60.7 Å². The van der Waals surface area contributed by atoms with Crippen molar-refractivity contribution in [3.05, 3.63) is 140 Å². The van der Waals surface area contributed by atoms with Crippen LogP contribution in [0.4, 0.5) is 0 Å². The van der Waals surface area contributed by atoms with E-state index in [1.165, 1.54) is 11.1 Å². The number of aryl methyl sites for hydroxylation is 2. The number of nitrogens with zero attached hydrogens (tertiary/aromatic N) is 2. The van der Waals surface area contributed by atoms with Gasteiger partial charge in [0.15, 0.2) is 0 Å². The second-order valence-corrected chi connectivity index (χ2v) is 15.5. The second kappa shape index (κ2) is 15.9. The second-order valence-electron chi connectivity index (χ2n) is 13.6. The summed E-state index contributed by atoms with van der Waals surface area (Å²) in [5, 5.41) is 25.1. The van der Waals surface area contributed by atoms with Gasteiger partial charge in [-0.2, -0.15) is 0 Å². The molecule has 2 fully saturated rings. The van der Waals surface area contributed by atoms with Gasteiger partial charge in [0.25, 0.3) is 0 Å². The van der Waals surface area contributed by atoms with Crippen molar-refractivity contribution in [2.24, 2.45) is 11.8 Å². The fraction of sp³-hybridized carbons (Fsp3) is 0.390. The Labute approximate surface area is 302 Å². The first kappa shape index (κ1) is 35.2. The number of carbonyl (C=O) groups excluding carboxylic acids is 1. The van der Waals surface area contributed by atoms with Gasteiger partial charge < -0.3 is 20.0 Å². The molecule has 48 heavy (non-hydrogen) atoms. The average molecular weight is 775 g/mol. The van der Waals surface area contributed by atoms with E-state index in [2.05, 4.69) is 90.2 Å². The summed E-state index contributed by atoms with van der Waals surface area (Å²) in [5.41, 5.74) is 1.48. The molecule has 7 heteroatoms. The van der Waals surface area contributed by atoms with Gasteiger partial charge in [0.05, 0.1) is 11.8 Å². The minimum Gasteiger partial charge on any atom is -0.384 e. The molecule has 2 saturated heterocycles. The minimum atomic E-state index is -1.33. The number of rotatable bonds is 12. The van der Waals surface area contributed by atoms with Crippen LogP contribution in [0.25, 0.3) is 0 Å². The van der Waals surface area contributed by atoms with Crippen molar-refractivity contribution in [3.63, 3.8) is 0 Å². The van der Waals surface area contributed by atoms with Crippen LogP contribution in [0.2, 0.25) is 0 Å². The van der Waals surface area contributed by atoms with Gasteiger partial charge in [0.1, 0.15) is 17.0 Å². The van der Waals surface area contributed by atoms with Crippen LogP contribution in [0, 0.1) is 11.8 Å². The SMILES string of the molecule is O=C(C1CN(CCCc2ccccc2)CCC1(O)c1ccc(Br)cc1)C1CN(CCCc2ccccc2)CCC1(O)c1ccc(Br)cc1. The Balaban J connectivity index is 1.27. The van der Waals surface area contributed by atoms with Crippen LogP contribution in [-0.2, 0) is 28.8 Å². The number of aliphatic hydroxyl groups is 2. The molecule has 0 saturated carbocycles. The van der Waals surface area contributed by atoms with Gasteiger partial charge in [-0.3, -0.25) is 4.79 Å². The molecule has 4 atom stereocenters. The summed E-state index contributed by atoms with van der Waals surface area (Å²) in [6.45, 7) is 4.03. The number of piperidine rings is 2. The molecule has 0 amide bonds. The van der Waals surface area contributed by atoms with Crippen molar-refractivity contribution in [1.82, 2.24) is 9.80 Å². The van der Waals surface area contributed by atoms with Gasteiger partial charge in [-0.1, -0.05) is 117 Å². The van der Waals surface area contributed by atoms with Gasteiger partial charge >= 0.3 is 0 Å². The number of hydrogen-bond acceptors (Lipinski definition) is 5. The minimum absolute atomic E-state index is 0.0497. The molecule has 4 aromatic rings. The van der Waals surface area contributed by atoms with E-state index in [0.29, 0.717) is 39.0 Å². The van der Waals surface area contributed by atoms with Gasteiger partial charge in [0, 0.05) is 35.1 Å². The molecule has 2 heterocycles. The molecule has 0 aliphatic carbocycles. The van der Waals surface area contributed by atoms with Gasteiger partial charge in [-0.05, 0) is 98.1 Å². The fourth-order valence-corrected chi connectivity index (χ4v) is 8.31. The first-order valence-electron chi connectivity index (χ1n) is 17.3. The molecule has 6 rings (SSSR count). The summed E-state index contributed by atoms with van der Waals surface area (Å²) >= 11 is 7.08. The Kier molecular flexibility index (Phi) is 11.7. The fourth-order valence-electron chi connectivity index (χ4n) is 7.78. The van der Waals surface area contributed by atoms with Crippen LogP contribution in [0.15, 0.2) is 118 Å². The number of carbonyl (C=O) groups is 1. The largest absolute Gasteiger partial charge is 0.384 e. The standard InChI is InChI=1S/C41H46Br2N2O3/c42-35-19-15-33(16-20-35)40(47)23-27-44(25-7-13-31-9-3-1-4-10-31)29-37(40)39(46)38-30-45(26-8-14-32-11-5-2-6-12-32)28-24-41(38,48)34-17-21-36(43)22-18-34/h1-6,9-12,15-22,37-38,47-48H,7-8,13-14,23-30H2. The van der Waals surface area contributed by atoms with E-state index < -0.39 is 23.0 Å². The third-order valence-corrected chi connectivity index (χ3v) is 11.7. The van der Waals surface area contributed by atoms with E-state index in [0.717, 1.165) is 58.8 Å². The summed E-state index contributed by atoms with van der Waals surface area (Å²) in [6, 6.07) is 36.5. The number of Topliss-reactive ketones (excluding diaryl/α,β-unsaturated/α-hetero) is 1. The average Bonchev–Trinajstić information content (AvgIpc) is 3.11. The van der Waals surface area contributed by atoms with Crippen molar-refractivity contribution >= 4 is 37.6 Å². The van der Waals surface area contributed by atoms with Gasteiger partial charge in [0.2, 0.25) is 0 Å². The zero-order chi connectivity index (χ0) is 33.6. The predicted octanol–water partition coefficient (Wildman–Crippen LogP) is 7.77. The van der Waals surface area contributed by atoms with Crippen LogP contribution in [0.3, 0.4) is 0 Å². The lowest BCUT2D eigenvalue weighted by molar-refractivity contribution is -0.162. The molecule has 0 spiro atoms. The lowest BCUT2D eigenvalue weighted by atomic mass is 9.65. The summed E-state index contributed by atoms with van der Waals surface area (Å²) < 4.78 is 1.86. The Morgan fingerprint density at radius 2 is 0.979 bits per heavy atom. The monoisotopic (exact) mass is 772 g/mol. The van der Waals surface area contributed by atoms with E-state index in [-0.39, 0.29) is 5.78 Å². The van der Waals surface area contributed by atoms with Crippen LogP contribution in [0.1, 0.15) is 47.9 Å². The Morgan fingerprint density at radius 3 is 1.35 bits per heavy atom. The normalized spacial score (nSPS) is 25.2. The highest BCUT2D eigenvalue weighted by Crippen LogP contribution is 2.45. The van der Waals surface area contributed by atoms with Crippen LogP contribution in [-0.4, -0.2) is 65.1 Å². The zero-order valence-corrected chi connectivity index (χ0v) is 30.7. The van der Waals surface area contributed by atoms with Crippen molar-refractivity contribution < 1.29 is 15.0 Å². The molecule has 0 aromatic heterocycles. The molecule has 5 nitrogen and oxygen atoms in total. The number of ketones is 1. The highest BCUT2D eigenvalue weighted by atomic mass is 79.9. The van der Waals surface area contributed by atoms with Crippen LogP contribution in [0.5, 0.6) is 0 Å². The summed E-state index contributed by atoms with van der Waals surface area (Å²) in [6.07, 6.45) is 4.81. The molecule has 2 N–H and O–H groups in total. The van der Waals surface area contributed by atoms with E-state index in [1.54, 1.807) is 0 Å². The zero-order valence-electron chi connectivity index (χ0n) is 27.5. The molecule has 2 aliphatic heterocycles. The molecule has 0 bridgehead atoms. The topological polar surface area (TPSA) is 64.0 Å². The van der Waals surface area contributed by atoms with Crippen molar-refractivity contribution in [1.29, 1.82) is 0 Å². The summed E-state index contributed by atoms with van der Waals surface area (Å²) in [5.74, 6) is -1.41. The third-order valence-electron chi connectivity index (χ3n) is 10.6. The Bertz CT molecular complexity index is 1500. The molecule has 4 unspecified atom stereocenters. The molecule has 4 aromatic carbocycles. The van der Waals surface area contributed by atoms with E-state index >= 15 is 4.79 Å². The smallest absolute Gasteiger partial charge is 0.148 e. The van der Waals surface area contributed by atoms with E-state index in [4.69, 9.17) is 0 Å². The number of benzene rings is 4. The lowest BCUT2D eigenvalue weighted by Gasteiger charge is -2.49. The maximum absolute atomic E-state index is 15.2.